The molecule has 3 rings (SSSR count). The molecule has 120 valence electrons. The molecule has 0 spiro atoms. The molecule has 1 N–H and O–H groups in total. The topological polar surface area (TPSA) is 38.3 Å². The lowest BCUT2D eigenvalue weighted by Gasteiger charge is -2.37. The lowest BCUT2D eigenvalue weighted by Crippen LogP contribution is -2.49. The van der Waals surface area contributed by atoms with E-state index in [0.717, 1.165) is 24.9 Å². The fourth-order valence-corrected chi connectivity index (χ4v) is 3.92. The minimum Gasteiger partial charge on any atom is -0.381 e. The van der Waals surface area contributed by atoms with Crippen molar-refractivity contribution in [1.82, 2.24) is 5.32 Å². The molecule has 0 bridgehead atoms. The SMILES string of the molecule is O=C(NCC1CCCCC1)C1(c2ccccc2)CCOCC1. The molecule has 1 amide bonds. The molecule has 2 aliphatic rings. The number of carbonyl (C=O) groups is 1. The van der Waals surface area contributed by atoms with E-state index in [1.54, 1.807) is 0 Å². The van der Waals surface area contributed by atoms with Crippen LogP contribution >= 0.6 is 0 Å². The van der Waals surface area contributed by atoms with Gasteiger partial charge in [0.25, 0.3) is 0 Å². The van der Waals surface area contributed by atoms with E-state index in [4.69, 9.17) is 4.74 Å². The monoisotopic (exact) mass is 301 g/mol. The molecular weight excluding hydrogens is 274 g/mol. The van der Waals surface area contributed by atoms with Gasteiger partial charge in [-0.15, -0.1) is 0 Å². The maximum Gasteiger partial charge on any atom is 0.230 e. The molecule has 1 aromatic carbocycles. The zero-order valence-electron chi connectivity index (χ0n) is 13.4. The first-order valence-electron chi connectivity index (χ1n) is 8.73. The minimum atomic E-state index is -0.395. The molecule has 2 fully saturated rings. The third-order valence-electron chi connectivity index (χ3n) is 5.38. The van der Waals surface area contributed by atoms with Gasteiger partial charge < -0.3 is 10.1 Å². The number of nitrogens with one attached hydrogen (secondary N) is 1. The van der Waals surface area contributed by atoms with Crippen LogP contribution in [0.4, 0.5) is 0 Å². The van der Waals surface area contributed by atoms with Gasteiger partial charge in [0.2, 0.25) is 5.91 Å². The number of rotatable bonds is 4. The van der Waals surface area contributed by atoms with Crippen LogP contribution in [0.25, 0.3) is 0 Å². The Balaban J connectivity index is 1.70. The Morgan fingerprint density at radius 3 is 2.45 bits per heavy atom. The molecule has 1 aliphatic heterocycles. The molecule has 0 unspecified atom stereocenters. The van der Waals surface area contributed by atoms with Crippen molar-refractivity contribution in [3.05, 3.63) is 35.9 Å². The number of benzene rings is 1. The average Bonchev–Trinajstić information content (AvgIpc) is 2.62. The van der Waals surface area contributed by atoms with E-state index in [9.17, 15) is 4.79 Å². The quantitative estimate of drug-likeness (QED) is 0.925. The second-order valence-corrected chi connectivity index (χ2v) is 6.77. The van der Waals surface area contributed by atoms with Gasteiger partial charge in [-0.2, -0.15) is 0 Å². The lowest BCUT2D eigenvalue weighted by molar-refractivity contribution is -0.130. The first-order valence-corrected chi connectivity index (χ1v) is 8.73. The third kappa shape index (κ3) is 3.35. The largest absolute Gasteiger partial charge is 0.381 e. The minimum absolute atomic E-state index is 0.201. The summed E-state index contributed by atoms with van der Waals surface area (Å²) in [6.07, 6.45) is 8.09. The van der Waals surface area contributed by atoms with E-state index in [2.05, 4.69) is 17.4 Å². The summed E-state index contributed by atoms with van der Waals surface area (Å²) in [5, 5.41) is 3.27. The molecular formula is C19H27NO2. The highest BCUT2D eigenvalue weighted by Crippen LogP contribution is 2.35. The van der Waals surface area contributed by atoms with Crippen LogP contribution in [0.15, 0.2) is 30.3 Å². The first-order chi connectivity index (χ1) is 10.8. The molecule has 0 atom stereocenters. The van der Waals surface area contributed by atoms with Crippen LogP contribution in [0.2, 0.25) is 0 Å². The van der Waals surface area contributed by atoms with Crippen molar-refractivity contribution in [2.45, 2.75) is 50.4 Å². The Kier molecular flexibility index (Phi) is 5.14. The van der Waals surface area contributed by atoms with E-state index >= 15 is 0 Å². The average molecular weight is 301 g/mol. The van der Waals surface area contributed by atoms with Crippen molar-refractivity contribution < 1.29 is 9.53 Å². The van der Waals surface area contributed by atoms with Gasteiger partial charge in [-0.25, -0.2) is 0 Å². The molecule has 1 saturated heterocycles. The van der Waals surface area contributed by atoms with Gasteiger partial charge in [-0.05, 0) is 37.2 Å². The van der Waals surface area contributed by atoms with Crippen LogP contribution in [0.3, 0.4) is 0 Å². The molecule has 3 nitrogen and oxygen atoms in total. The van der Waals surface area contributed by atoms with Gasteiger partial charge in [-0.1, -0.05) is 49.6 Å². The van der Waals surface area contributed by atoms with Crippen molar-refractivity contribution in [2.24, 2.45) is 5.92 Å². The summed E-state index contributed by atoms with van der Waals surface area (Å²) < 4.78 is 5.51. The molecule has 1 heterocycles. The van der Waals surface area contributed by atoms with Gasteiger partial charge >= 0.3 is 0 Å². The van der Waals surface area contributed by atoms with E-state index in [0.29, 0.717) is 19.1 Å². The lowest BCUT2D eigenvalue weighted by atomic mass is 9.73. The molecule has 1 aliphatic carbocycles. The second-order valence-electron chi connectivity index (χ2n) is 6.77. The van der Waals surface area contributed by atoms with Gasteiger partial charge in [-0.3, -0.25) is 4.79 Å². The molecule has 1 saturated carbocycles. The predicted octanol–water partition coefficient (Wildman–Crippen LogP) is 3.43. The van der Waals surface area contributed by atoms with E-state index in [1.165, 1.54) is 32.1 Å². The smallest absolute Gasteiger partial charge is 0.230 e. The highest BCUT2D eigenvalue weighted by atomic mass is 16.5. The van der Waals surface area contributed by atoms with Crippen LogP contribution in [-0.2, 0) is 14.9 Å². The molecule has 22 heavy (non-hydrogen) atoms. The van der Waals surface area contributed by atoms with Crippen molar-refractivity contribution >= 4 is 5.91 Å². The van der Waals surface area contributed by atoms with E-state index < -0.39 is 5.41 Å². The van der Waals surface area contributed by atoms with Crippen LogP contribution in [0, 0.1) is 5.92 Å². The highest BCUT2D eigenvalue weighted by molar-refractivity contribution is 5.88. The number of ether oxygens (including phenoxy) is 1. The Bertz CT molecular complexity index is 473. The third-order valence-corrected chi connectivity index (χ3v) is 5.38. The van der Waals surface area contributed by atoms with Crippen LogP contribution < -0.4 is 5.32 Å². The molecule has 3 heteroatoms. The standard InChI is InChI=1S/C19H27NO2/c21-18(20-15-16-7-3-1-4-8-16)19(11-13-22-14-12-19)17-9-5-2-6-10-17/h2,5-6,9-10,16H,1,3-4,7-8,11-15H2,(H,20,21). The van der Waals surface area contributed by atoms with E-state index in [-0.39, 0.29) is 5.91 Å². The van der Waals surface area contributed by atoms with Crippen molar-refractivity contribution in [1.29, 1.82) is 0 Å². The first kappa shape index (κ1) is 15.5. The number of amides is 1. The maximum absolute atomic E-state index is 13.0. The zero-order valence-corrected chi connectivity index (χ0v) is 13.4. The highest BCUT2D eigenvalue weighted by Gasteiger charge is 2.41. The van der Waals surface area contributed by atoms with E-state index in [1.807, 2.05) is 18.2 Å². The number of hydrogen-bond acceptors (Lipinski definition) is 2. The van der Waals surface area contributed by atoms with Gasteiger partial charge in [0.05, 0.1) is 5.41 Å². The zero-order chi connectivity index (χ0) is 15.3. The fraction of sp³-hybridized carbons (Fsp3) is 0.632. The summed E-state index contributed by atoms with van der Waals surface area (Å²) in [5.41, 5.74) is 0.744. The Morgan fingerprint density at radius 1 is 1.09 bits per heavy atom. The second kappa shape index (κ2) is 7.28. The van der Waals surface area contributed by atoms with Gasteiger partial charge in [0, 0.05) is 19.8 Å². The fourth-order valence-electron chi connectivity index (χ4n) is 3.92. The predicted molar refractivity (Wildman–Crippen MR) is 87.8 cm³/mol. The number of hydrogen-bond donors (Lipinski definition) is 1. The van der Waals surface area contributed by atoms with Crippen molar-refractivity contribution in [2.75, 3.05) is 19.8 Å². The summed E-state index contributed by atoms with van der Waals surface area (Å²) in [5.74, 6) is 0.873. The summed E-state index contributed by atoms with van der Waals surface area (Å²) >= 11 is 0. The van der Waals surface area contributed by atoms with Gasteiger partial charge in [0.15, 0.2) is 0 Å². The Morgan fingerprint density at radius 2 is 1.77 bits per heavy atom. The van der Waals surface area contributed by atoms with Crippen molar-refractivity contribution in [3.8, 4) is 0 Å². The number of carbonyl (C=O) groups excluding carboxylic acids is 1. The van der Waals surface area contributed by atoms with Crippen LogP contribution in [-0.4, -0.2) is 25.7 Å². The maximum atomic E-state index is 13.0. The summed E-state index contributed by atoms with van der Waals surface area (Å²) in [7, 11) is 0. The Hall–Kier alpha value is -1.35. The Labute approximate surface area is 133 Å². The van der Waals surface area contributed by atoms with Crippen LogP contribution in [0.1, 0.15) is 50.5 Å². The summed E-state index contributed by atoms with van der Waals surface area (Å²) in [6.45, 7) is 2.19. The molecule has 1 aromatic rings. The normalized spacial score (nSPS) is 22.2. The molecule has 0 aromatic heterocycles. The van der Waals surface area contributed by atoms with Crippen LogP contribution in [0.5, 0.6) is 0 Å². The summed E-state index contributed by atoms with van der Waals surface area (Å²) in [4.78, 5) is 13.0. The van der Waals surface area contributed by atoms with Crippen molar-refractivity contribution in [3.63, 3.8) is 0 Å². The van der Waals surface area contributed by atoms with Gasteiger partial charge in [0.1, 0.15) is 0 Å². The molecule has 0 radical (unpaired) electrons. The summed E-state index contributed by atoms with van der Waals surface area (Å²) in [6, 6.07) is 10.2.